The second-order valence-electron chi connectivity index (χ2n) is 6.13. The van der Waals surface area contributed by atoms with Gasteiger partial charge in [-0.05, 0) is 37.5 Å². The summed E-state index contributed by atoms with van der Waals surface area (Å²) in [4.78, 5) is 38.5. The number of para-hydroxylation sites is 1. The van der Waals surface area contributed by atoms with E-state index >= 15 is 0 Å². The van der Waals surface area contributed by atoms with Gasteiger partial charge in [0.2, 0.25) is 0 Å². The summed E-state index contributed by atoms with van der Waals surface area (Å²) in [5.41, 5.74) is 1.57. The van der Waals surface area contributed by atoms with Crippen LogP contribution in [0.4, 0.5) is 5.69 Å². The largest absolute Gasteiger partial charge is 0.339 e. The van der Waals surface area contributed by atoms with E-state index in [1.807, 2.05) is 13.0 Å². The summed E-state index contributed by atoms with van der Waals surface area (Å²) < 4.78 is 1.10. The van der Waals surface area contributed by atoms with Gasteiger partial charge in [0.25, 0.3) is 17.4 Å². The molecule has 25 heavy (non-hydrogen) atoms. The number of rotatable bonds is 3. The molecule has 0 spiro atoms. The first-order valence-electron chi connectivity index (χ1n) is 8.22. The number of aromatic nitrogens is 2. The van der Waals surface area contributed by atoms with Crippen LogP contribution in [-0.4, -0.2) is 39.6 Å². The third kappa shape index (κ3) is 3.45. The van der Waals surface area contributed by atoms with Gasteiger partial charge in [-0.1, -0.05) is 12.1 Å². The number of carbonyl (C=O) groups is 2. The normalized spacial score (nSPS) is 13.8. The molecule has 0 atom stereocenters. The summed E-state index contributed by atoms with van der Waals surface area (Å²) >= 11 is 0. The third-order valence-electron chi connectivity index (χ3n) is 4.33. The number of aryl methyl sites for hydroxylation is 2. The number of anilines is 1. The van der Waals surface area contributed by atoms with Crippen molar-refractivity contribution in [2.24, 2.45) is 7.05 Å². The van der Waals surface area contributed by atoms with E-state index in [0.29, 0.717) is 11.3 Å². The van der Waals surface area contributed by atoms with Crippen molar-refractivity contribution in [1.82, 2.24) is 14.7 Å². The molecular formula is C18H20N4O3. The zero-order chi connectivity index (χ0) is 18.0. The fourth-order valence-corrected chi connectivity index (χ4v) is 2.90. The smallest absolute Gasteiger partial charge is 0.276 e. The molecule has 2 aromatic rings. The number of nitrogens with one attached hydrogen (secondary N) is 1. The van der Waals surface area contributed by atoms with Gasteiger partial charge in [-0.2, -0.15) is 5.10 Å². The Kier molecular flexibility index (Phi) is 4.65. The van der Waals surface area contributed by atoms with Gasteiger partial charge in [-0.3, -0.25) is 14.4 Å². The van der Waals surface area contributed by atoms with E-state index in [9.17, 15) is 14.4 Å². The number of amides is 2. The van der Waals surface area contributed by atoms with Crippen LogP contribution >= 0.6 is 0 Å². The molecule has 1 aliphatic rings. The Morgan fingerprint density at radius 3 is 2.52 bits per heavy atom. The lowest BCUT2D eigenvalue weighted by Gasteiger charge is -2.19. The van der Waals surface area contributed by atoms with Crippen LogP contribution in [0.1, 0.15) is 39.3 Å². The fraction of sp³-hybridized carbons (Fsp3) is 0.333. The maximum Gasteiger partial charge on any atom is 0.276 e. The van der Waals surface area contributed by atoms with Crippen LogP contribution in [-0.2, 0) is 7.05 Å². The highest BCUT2D eigenvalue weighted by atomic mass is 16.2. The quantitative estimate of drug-likeness (QED) is 0.919. The van der Waals surface area contributed by atoms with Gasteiger partial charge in [-0.15, -0.1) is 0 Å². The van der Waals surface area contributed by atoms with Crippen LogP contribution in [0.5, 0.6) is 0 Å². The minimum atomic E-state index is -0.458. The molecule has 2 heterocycles. The lowest BCUT2D eigenvalue weighted by Crippen LogP contribution is -2.29. The number of carbonyl (C=O) groups excluding carboxylic acids is 2. The van der Waals surface area contributed by atoms with Crippen LogP contribution in [0.15, 0.2) is 35.1 Å². The Balaban J connectivity index is 1.91. The van der Waals surface area contributed by atoms with Crippen molar-refractivity contribution in [2.45, 2.75) is 19.8 Å². The second kappa shape index (κ2) is 6.88. The maximum atomic E-state index is 12.8. The lowest BCUT2D eigenvalue weighted by atomic mass is 10.1. The Hall–Kier alpha value is -2.96. The monoisotopic (exact) mass is 340 g/mol. The van der Waals surface area contributed by atoms with E-state index in [2.05, 4.69) is 10.4 Å². The maximum absolute atomic E-state index is 12.8. The second-order valence-corrected chi connectivity index (χ2v) is 6.13. The summed E-state index contributed by atoms with van der Waals surface area (Å²) in [5.74, 6) is -0.537. The molecule has 0 bridgehead atoms. The van der Waals surface area contributed by atoms with Gasteiger partial charge in [-0.25, -0.2) is 4.68 Å². The highest BCUT2D eigenvalue weighted by Crippen LogP contribution is 2.24. The van der Waals surface area contributed by atoms with E-state index in [1.165, 1.54) is 19.2 Å². The standard InChI is InChI=1S/C18H20N4O3/c1-12-6-5-7-13(18(25)22-10-3-4-11-22)16(12)19-17(24)14-8-9-15(23)21(2)20-14/h5-9H,3-4,10-11H2,1-2H3,(H,19,24). The molecule has 2 amide bonds. The SMILES string of the molecule is Cc1cccc(C(=O)N2CCCC2)c1NC(=O)c1ccc(=O)n(C)n1. The average molecular weight is 340 g/mol. The molecule has 1 aromatic carbocycles. The number of likely N-dealkylation sites (tertiary alicyclic amines) is 1. The first-order valence-corrected chi connectivity index (χ1v) is 8.22. The van der Waals surface area contributed by atoms with Crippen LogP contribution < -0.4 is 10.9 Å². The Bertz CT molecular complexity index is 882. The van der Waals surface area contributed by atoms with Gasteiger partial charge < -0.3 is 10.2 Å². The van der Waals surface area contributed by atoms with Crippen molar-refractivity contribution >= 4 is 17.5 Å². The molecule has 0 aliphatic carbocycles. The van der Waals surface area contributed by atoms with E-state index in [4.69, 9.17) is 0 Å². The zero-order valence-corrected chi connectivity index (χ0v) is 14.3. The molecule has 0 radical (unpaired) electrons. The van der Waals surface area contributed by atoms with Crippen LogP contribution in [0.3, 0.4) is 0 Å². The molecular weight excluding hydrogens is 320 g/mol. The van der Waals surface area contributed by atoms with Crippen LogP contribution in [0.2, 0.25) is 0 Å². The number of benzene rings is 1. The lowest BCUT2D eigenvalue weighted by molar-refractivity contribution is 0.0794. The molecule has 1 aliphatic heterocycles. The van der Waals surface area contributed by atoms with E-state index in [1.54, 1.807) is 17.0 Å². The van der Waals surface area contributed by atoms with Crippen molar-refractivity contribution in [3.05, 3.63) is 57.5 Å². The summed E-state index contributed by atoms with van der Waals surface area (Å²) in [6.45, 7) is 3.32. The summed E-state index contributed by atoms with van der Waals surface area (Å²) in [6, 6.07) is 8.02. The highest BCUT2D eigenvalue weighted by molar-refractivity contribution is 6.08. The minimum absolute atomic E-state index is 0.0788. The van der Waals surface area contributed by atoms with E-state index in [0.717, 1.165) is 36.2 Å². The van der Waals surface area contributed by atoms with E-state index in [-0.39, 0.29) is 17.2 Å². The Labute approximate surface area is 145 Å². The molecule has 1 N–H and O–H groups in total. The van der Waals surface area contributed by atoms with Crippen molar-refractivity contribution in [3.8, 4) is 0 Å². The molecule has 1 fully saturated rings. The van der Waals surface area contributed by atoms with Gasteiger partial charge in [0.05, 0.1) is 11.3 Å². The summed E-state index contributed by atoms with van der Waals surface area (Å²) in [7, 11) is 1.48. The zero-order valence-electron chi connectivity index (χ0n) is 14.3. The first-order chi connectivity index (χ1) is 12.0. The fourth-order valence-electron chi connectivity index (χ4n) is 2.90. The number of nitrogens with zero attached hydrogens (tertiary/aromatic N) is 3. The van der Waals surface area contributed by atoms with Crippen LogP contribution in [0, 0.1) is 6.92 Å². The van der Waals surface area contributed by atoms with Gasteiger partial charge >= 0.3 is 0 Å². The summed E-state index contributed by atoms with van der Waals surface area (Å²) in [6.07, 6.45) is 2.00. The third-order valence-corrected chi connectivity index (χ3v) is 4.33. The molecule has 1 aromatic heterocycles. The van der Waals surface area contributed by atoms with Crippen molar-refractivity contribution < 1.29 is 9.59 Å². The predicted molar refractivity (Wildman–Crippen MR) is 93.7 cm³/mol. The van der Waals surface area contributed by atoms with Crippen LogP contribution in [0.25, 0.3) is 0 Å². The predicted octanol–water partition coefficient (Wildman–Crippen LogP) is 1.58. The Morgan fingerprint density at radius 1 is 1.12 bits per heavy atom. The topological polar surface area (TPSA) is 84.3 Å². The van der Waals surface area contributed by atoms with Gasteiger partial charge in [0.15, 0.2) is 0 Å². The molecule has 130 valence electrons. The van der Waals surface area contributed by atoms with Crippen molar-refractivity contribution in [3.63, 3.8) is 0 Å². The summed E-state index contributed by atoms with van der Waals surface area (Å²) in [5, 5.41) is 6.73. The molecule has 3 rings (SSSR count). The van der Waals surface area contributed by atoms with Gasteiger partial charge in [0, 0.05) is 26.2 Å². The number of hydrogen-bond acceptors (Lipinski definition) is 4. The Morgan fingerprint density at radius 2 is 1.84 bits per heavy atom. The van der Waals surface area contributed by atoms with Gasteiger partial charge in [0.1, 0.15) is 5.69 Å². The molecule has 0 unspecified atom stereocenters. The minimum Gasteiger partial charge on any atom is -0.339 e. The molecule has 0 saturated carbocycles. The van der Waals surface area contributed by atoms with Crippen molar-refractivity contribution in [2.75, 3.05) is 18.4 Å². The van der Waals surface area contributed by atoms with E-state index < -0.39 is 5.91 Å². The number of hydrogen-bond donors (Lipinski definition) is 1. The molecule has 1 saturated heterocycles. The average Bonchev–Trinajstić information content (AvgIpc) is 3.13. The van der Waals surface area contributed by atoms with Crippen molar-refractivity contribution in [1.29, 1.82) is 0 Å². The first kappa shape index (κ1) is 16.9. The molecule has 7 heteroatoms. The molecule has 7 nitrogen and oxygen atoms in total. The highest BCUT2D eigenvalue weighted by Gasteiger charge is 2.23.